The van der Waals surface area contributed by atoms with Gasteiger partial charge in [0.25, 0.3) is 0 Å². The lowest BCUT2D eigenvalue weighted by Crippen LogP contribution is -2.08. The van der Waals surface area contributed by atoms with Gasteiger partial charge < -0.3 is 4.74 Å². The Kier molecular flexibility index (Phi) is 3.69. The quantitative estimate of drug-likeness (QED) is 0.760. The van der Waals surface area contributed by atoms with Gasteiger partial charge in [-0.15, -0.1) is 0 Å². The molecule has 0 spiro atoms. The molecule has 0 N–H and O–H groups in total. The van der Waals surface area contributed by atoms with Crippen molar-refractivity contribution < 1.29 is 9.53 Å². The van der Waals surface area contributed by atoms with Gasteiger partial charge in [0.2, 0.25) is 0 Å². The van der Waals surface area contributed by atoms with E-state index in [1.807, 2.05) is 26.0 Å². The van der Waals surface area contributed by atoms with Gasteiger partial charge in [0, 0.05) is 4.47 Å². The van der Waals surface area contributed by atoms with Crippen LogP contribution >= 0.6 is 15.9 Å². The molecule has 0 aromatic heterocycles. The molecule has 14 heavy (non-hydrogen) atoms. The van der Waals surface area contributed by atoms with Crippen molar-refractivity contribution >= 4 is 21.9 Å². The fourth-order valence-electron chi connectivity index (χ4n) is 1.44. The van der Waals surface area contributed by atoms with Crippen molar-refractivity contribution in [1.82, 2.24) is 0 Å². The lowest BCUT2D eigenvalue weighted by atomic mass is 10.0. The Balaban J connectivity index is 3.14. The van der Waals surface area contributed by atoms with Crippen LogP contribution in [0.15, 0.2) is 16.6 Å². The van der Waals surface area contributed by atoms with Crippen LogP contribution in [-0.2, 0) is 4.74 Å². The molecule has 0 bridgehead atoms. The largest absolute Gasteiger partial charge is 0.462 e. The van der Waals surface area contributed by atoms with Crippen molar-refractivity contribution in [2.45, 2.75) is 20.8 Å². The normalized spacial score (nSPS) is 10.0. The molecule has 0 saturated heterocycles. The van der Waals surface area contributed by atoms with Crippen LogP contribution in [0, 0.1) is 13.8 Å². The van der Waals surface area contributed by atoms with Gasteiger partial charge >= 0.3 is 5.97 Å². The van der Waals surface area contributed by atoms with E-state index in [9.17, 15) is 4.79 Å². The van der Waals surface area contributed by atoms with Crippen LogP contribution in [0.1, 0.15) is 28.4 Å². The first kappa shape index (κ1) is 11.2. The molecule has 76 valence electrons. The second-order valence-electron chi connectivity index (χ2n) is 3.14. The first-order valence-electron chi connectivity index (χ1n) is 4.50. The predicted molar refractivity (Wildman–Crippen MR) is 59.6 cm³/mol. The van der Waals surface area contributed by atoms with Crippen molar-refractivity contribution in [3.63, 3.8) is 0 Å². The molecule has 0 unspecified atom stereocenters. The van der Waals surface area contributed by atoms with E-state index in [0.717, 1.165) is 15.6 Å². The van der Waals surface area contributed by atoms with E-state index in [1.54, 1.807) is 6.92 Å². The number of halogens is 1. The number of rotatable bonds is 2. The summed E-state index contributed by atoms with van der Waals surface area (Å²) in [7, 11) is 0. The molecule has 0 aliphatic heterocycles. The van der Waals surface area contributed by atoms with Crippen molar-refractivity contribution in [2.24, 2.45) is 0 Å². The van der Waals surface area contributed by atoms with Crippen molar-refractivity contribution in [3.8, 4) is 0 Å². The van der Waals surface area contributed by atoms with Crippen LogP contribution in [0.25, 0.3) is 0 Å². The Morgan fingerprint density at radius 3 is 2.29 bits per heavy atom. The summed E-state index contributed by atoms with van der Waals surface area (Å²) < 4.78 is 5.96. The second-order valence-corrected chi connectivity index (χ2v) is 4.05. The smallest absolute Gasteiger partial charge is 0.338 e. The molecule has 0 saturated carbocycles. The molecule has 0 fully saturated rings. The van der Waals surface area contributed by atoms with Crippen LogP contribution in [-0.4, -0.2) is 12.6 Å². The van der Waals surface area contributed by atoms with Gasteiger partial charge in [-0.25, -0.2) is 4.79 Å². The van der Waals surface area contributed by atoms with Crippen LogP contribution in [0.2, 0.25) is 0 Å². The molecular weight excluding hydrogens is 244 g/mol. The zero-order chi connectivity index (χ0) is 10.7. The minimum atomic E-state index is -0.241. The first-order valence-corrected chi connectivity index (χ1v) is 5.29. The average molecular weight is 257 g/mol. The van der Waals surface area contributed by atoms with Gasteiger partial charge in [0.1, 0.15) is 0 Å². The number of hydrogen-bond acceptors (Lipinski definition) is 2. The lowest BCUT2D eigenvalue weighted by molar-refractivity contribution is 0.0524. The van der Waals surface area contributed by atoms with E-state index in [0.29, 0.717) is 12.2 Å². The summed E-state index contributed by atoms with van der Waals surface area (Å²) in [6.45, 7) is 6.03. The Bertz CT molecular complexity index is 335. The van der Waals surface area contributed by atoms with Crippen LogP contribution < -0.4 is 0 Å². The van der Waals surface area contributed by atoms with Gasteiger partial charge in [0.05, 0.1) is 12.2 Å². The monoisotopic (exact) mass is 256 g/mol. The van der Waals surface area contributed by atoms with Crippen molar-refractivity contribution in [3.05, 3.63) is 33.3 Å². The summed E-state index contributed by atoms with van der Waals surface area (Å²) in [5, 5.41) is 0. The van der Waals surface area contributed by atoms with Gasteiger partial charge in [-0.3, -0.25) is 0 Å². The summed E-state index contributed by atoms with van der Waals surface area (Å²) >= 11 is 3.38. The van der Waals surface area contributed by atoms with E-state index in [-0.39, 0.29) is 5.97 Å². The van der Waals surface area contributed by atoms with E-state index in [4.69, 9.17) is 4.74 Å². The minimum absolute atomic E-state index is 0.241. The highest BCUT2D eigenvalue weighted by atomic mass is 79.9. The van der Waals surface area contributed by atoms with E-state index in [2.05, 4.69) is 15.9 Å². The first-order chi connectivity index (χ1) is 6.56. The van der Waals surface area contributed by atoms with Gasteiger partial charge in [-0.05, 0) is 44.0 Å². The molecule has 2 nitrogen and oxygen atoms in total. The maximum absolute atomic E-state index is 11.6. The number of ether oxygens (including phenoxy) is 1. The summed E-state index contributed by atoms with van der Waals surface area (Å²) in [6.07, 6.45) is 0. The molecule has 0 heterocycles. The Morgan fingerprint density at radius 2 is 1.86 bits per heavy atom. The van der Waals surface area contributed by atoms with Crippen LogP contribution in [0.4, 0.5) is 0 Å². The van der Waals surface area contributed by atoms with Crippen LogP contribution in [0.5, 0.6) is 0 Å². The Labute approximate surface area is 92.4 Å². The molecule has 0 atom stereocenters. The third-order valence-corrected chi connectivity index (χ3v) is 2.43. The summed E-state index contributed by atoms with van der Waals surface area (Å²) in [5.74, 6) is -0.241. The SMILES string of the molecule is CCOC(=O)c1c(C)cc(Br)cc1C. The number of carbonyl (C=O) groups excluding carboxylic acids is 1. The fourth-order valence-corrected chi connectivity index (χ4v) is 2.12. The summed E-state index contributed by atoms with van der Waals surface area (Å²) in [4.78, 5) is 11.6. The van der Waals surface area contributed by atoms with E-state index >= 15 is 0 Å². The predicted octanol–water partition coefficient (Wildman–Crippen LogP) is 3.24. The highest BCUT2D eigenvalue weighted by molar-refractivity contribution is 9.10. The molecular formula is C11H13BrO2. The standard InChI is InChI=1S/C11H13BrO2/c1-4-14-11(13)10-7(2)5-9(12)6-8(10)3/h5-6H,4H2,1-3H3. The highest BCUT2D eigenvalue weighted by Gasteiger charge is 2.13. The lowest BCUT2D eigenvalue weighted by Gasteiger charge is -2.09. The Morgan fingerprint density at radius 1 is 1.36 bits per heavy atom. The molecule has 0 amide bonds. The maximum Gasteiger partial charge on any atom is 0.338 e. The molecule has 0 radical (unpaired) electrons. The van der Waals surface area contributed by atoms with Crippen LogP contribution in [0.3, 0.4) is 0 Å². The fraction of sp³-hybridized carbons (Fsp3) is 0.364. The summed E-state index contributed by atoms with van der Waals surface area (Å²) in [5.41, 5.74) is 2.56. The average Bonchev–Trinajstić information content (AvgIpc) is 2.01. The third-order valence-electron chi connectivity index (χ3n) is 1.98. The van der Waals surface area contributed by atoms with Crippen molar-refractivity contribution in [2.75, 3.05) is 6.61 Å². The number of carbonyl (C=O) groups is 1. The summed E-state index contributed by atoms with van der Waals surface area (Å²) in [6, 6.07) is 3.83. The zero-order valence-corrected chi connectivity index (χ0v) is 10.1. The topological polar surface area (TPSA) is 26.3 Å². The van der Waals surface area contributed by atoms with Gasteiger partial charge in [-0.2, -0.15) is 0 Å². The number of hydrogen-bond donors (Lipinski definition) is 0. The highest BCUT2D eigenvalue weighted by Crippen LogP contribution is 2.21. The second kappa shape index (κ2) is 4.60. The molecule has 1 aromatic rings. The zero-order valence-electron chi connectivity index (χ0n) is 8.56. The maximum atomic E-state index is 11.6. The Hall–Kier alpha value is -0.830. The van der Waals surface area contributed by atoms with E-state index in [1.165, 1.54) is 0 Å². The molecule has 1 aromatic carbocycles. The molecule has 0 aliphatic rings. The number of aryl methyl sites for hydroxylation is 2. The van der Waals surface area contributed by atoms with E-state index < -0.39 is 0 Å². The minimum Gasteiger partial charge on any atom is -0.462 e. The third kappa shape index (κ3) is 2.35. The molecule has 1 rings (SSSR count). The van der Waals surface area contributed by atoms with Gasteiger partial charge in [0.15, 0.2) is 0 Å². The van der Waals surface area contributed by atoms with Gasteiger partial charge in [-0.1, -0.05) is 15.9 Å². The number of benzene rings is 1. The van der Waals surface area contributed by atoms with Crippen molar-refractivity contribution in [1.29, 1.82) is 0 Å². The molecule has 0 aliphatic carbocycles. The molecule has 3 heteroatoms. The number of esters is 1.